The molecule has 0 bridgehead atoms. The topological polar surface area (TPSA) is 0 Å². The second kappa shape index (κ2) is 5.34. The van der Waals surface area contributed by atoms with E-state index in [0.717, 1.165) is 6.42 Å². The maximum absolute atomic E-state index is 3.72. The minimum absolute atomic E-state index is 0.412. The Morgan fingerprint density at radius 2 is 1.84 bits per heavy atom. The van der Waals surface area contributed by atoms with Gasteiger partial charge in [0.1, 0.15) is 0 Å². The predicted molar refractivity (Wildman–Crippen MR) is 85.5 cm³/mol. The van der Waals surface area contributed by atoms with E-state index in [9.17, 15) is 0 Å². The number of benzene rings is 2. The number of allylic oxidation sites excluding steroid dienone is 1. The van der Waals surface area contributed by atoms with Gasteiger partial charge in [-0.3, -0.25) is 0 Å². The van der Waals surface area contributed by atoms with Crippen LogP contribution in [-0.2, 0) is 6.42 Å². The van der Waals surface area contributed by atoms with Crippen LogP contribution in [0.5, 0.6) is 0 Å². The van der Waals surface area contributed by atoms with Gasteiger partial charge in [0.2, 0.25) is 0 Å². The highest BCUT2D eigenvalue weighted by Gasteiger charge is 2.23. The van der Waals surface area contributed by atoms with Crippen LogP contribution >= 0.6 is 15.9 Å². The molecule has 0 radical (unpaired) electrons. The summed E-state index contributed by atoms with van der Waals surface area (Å²) in [6.45, 7) is 2.24. The van der Waals surface area contributed by atoms with Crippen LogP contribution in [0.3, 0.4) is 0 Å². The lowest BCUT2D eigenvalue weighted by Crippen LogP contribution is -2.02. The Morgan fingerprint density at radius 1 is 1.05 bits per heavy atom. The fraction of sp³-hybridized carbons (Fsp3) is 0.222. The van der Waals surface area contributed by atoms with Crippen molar-refractivity contribution in [2.75, 3.05) is 0 Å². The van der Waals surface area contributed by atoms with Crippen LogP contribution in [0.2, 0.25) is 0 Å². The first-order valence-electron chi connectivity index (χ1n) is 6.85. The summed E-state index contributed by atoms with van der Waals surface area (Å²) in [4.78, 5) is 0. The summed E-state index contributed by atoms with van der Waals surface area (Å²) in [6.07, 6.45) is 6.90. The van der Waals surface area contributed by atoms with Crippen LogP contribution in [0.1, 0.15) is 41.5 Å². The Morgan fingerprint density at radius 3 is 2.58 bits per heavy atom. The van der Waals surface area contributed by atoms with Crippen LogP contribution in [-0.4, -0.2) is 0 Å². The van der Waals surface area contributed by atoms with E-state index < -0.39 is 0 Å². The molecule has 1 atom stereocenters. The highest BCUT2D eigenvalue weighted by molar-refractivity contribution is 9.10. The molecular weight excluding hydrogens is 296 g/mol. The first-order chi connectivity index (χ1) is 9.31. The van der Waals surface area contributed by atoms with E-state index in [1.54, 1.807) is 0 Å². The van der Waals surface area contributed by atoms with Gasteiger partial charge < -0.3 is 0 Å². The predicted octanol–water partition coefficient (Wildman–Crippen LogP) is 5.56. The molecular formula is C18H17Br. The Balaban J connectivity index is 2.12. The maximum Gasteiger partial charge on any atom is 0.0281 e. The summed E-state index contributed by atoms with van der Waals surface area (Å²) < 4.78 is 1.25. The van der Waals surface area contributed by atoms with Gasteiger partial charge in [-0.1, -0.05) is 77.8 Å². The van der Waals surface area contributed by atoms with Crippen molar-refractivity contribution in [3.63, 3.8) is 0 Å². The van der Waals surface area contributed by atoms with Crippen molar-refractivity contribution < 1.29 is 0 Å². The van der Waals surface area contributed by atoms with E-state index in [4.69, 9.17) is 0 Å². The molecule has 1 unspecified atom stereocenters. The molecule has 2 aromatic rings. The molecule has 0 saturated carbocycles. The van der Waals surface area contributed by atoms with E-state index in [2.05, 4.69) is 77.5 Å². The molecule has 0 saturated heterocycles. The molecule has 0 aliphatic heterocycles. The fourth-order valence-corrected chi connectivity index (χ4v) is 3.45. The Hall–Kier alpha value is -1.34. The lowest BCUT2D eigenvalue weighted by Gasteiger charge is -2.17. The van der Waals surface area contributed by atoms with E-state index in [-0.39, 0.29) is 0 Å². The molecule has 0 nitrogen and oxygen atoms in total. The molecule has 0 heterocycles. The maximum atomic E-state index is 3.72. The fourth-order valence-electron chi connectivity index (χ4n) is 2.91. The molecule has 1 heteroatoms. The SMILES string of the molecule is CCCc1c(Br)ccc2c1C(c1ccccc1)C=C2. The van der Waals surface area contributed by atoms with Crippen LogP contribution in [0.4, 0.5) is 0 Å². The third-order valence-corrected chi connectivity index (χ3v) is 4.51. The van der Waals surface area contributed by atoms with E-state index >= 15 is 0 Å². The van der Waals surface area contributed by atoms with Crippen LogP contribution in [0, 0.1) is 0 Å². The molecule has 1 aliphatic carbocycles. The average Bonchev–Trinajstić information content (AvgIpc) is 2.87. The lowest BCUT2D eigenvalue weighted by molar-refractivity contribution is 0.884. The van der Waals surface area contributed by atoms with Crippen molar-refractivity contribution in [3.05, 3.63) is 75.3 Å². The van der Waals surface area contributed by atoms with Crippen molar-refractivity contribution in [2.24, 2.45) is 0 Å². The van der Waals surface area contributed by atoms with Gasteiger partial charge in [0, 0.05) is 10.4 Å². The lowest BCUT2D eigenvalue weighted by atomic mass is 9.88. The van der Waals surface area contributed by atoms with Gasteiger partial charge in [-0.15, -0.1) is 0 Å². The van der Waals surface area contributed by atoms with Gasteiger partial charge in [0.15, 0.2) is 0 Å². The monoisotopic (exact) mass is 312 g/mol. The number of hydrogen-bond acceptors (Lipinski definition) is 0. The zero-order valence-corrected chi connectivity index (χ0v) is 12.7. The zero-order valence-electron chi connectivity index (χ0n) is 11.1. The van der Waals surface area contributed by atoms with Crippen LogP contribution in [0.25, 0.3) is 6.08 Å². The van der Waals surface area contributed by atoms with Crippen molar-refractivity contribution in [2.45, 2.75) is 25.7 Å². The second-order valence-electron chi connectivity index (χ2n) is 5.03. The Labute approximate surface area is 123 Å². The van der Waals surface area contributed by atoms with Crippen molar-refractivity contribution in [1.82, 2.24) is 0 Å². The first-order valence-corrected chi connectivity index (χ1v) is 7.65. The average molecular weight is 313 g/mol. The Bertz CT molecular complexity index is 611. The first kappa shape index (κ1) is 12.7. The largest absolute Gasteiger partial charge is 0.0720 e. The molecule has 19 heavy (non-hydrogen) atoms. The highest BCUT2D eigenvalue weighted by atomic mass is 79.9. The minimum Gasteiger partial charge on any atom is -0.0720 e. The van der Waals surface area contributed by atoms with E-state index in [0.29, 0.717) is 5.92 Å². The molecule has 0 fully saturated rings. The molecule has 3 rings (SSSR count). The van der Waals surface area contributed by atoms with Gasteiger partial charge in [-0.2, -0.15) is 0 Å². The molecule has 96 valence electrons. The summed E-state index contributed by atoms with van der Waals surface area (Å²) >= 11 is 3.72. The smallest absolute Gasteiger partial charge is 0.0281 e. The van der Waals surface area contributed by atoms with Crippen LogP contribution in [0.15, 0.2) is 53.0 Å². The van der Waals surface area contributed by atoms with E-state index in [1.165, 1.54) is 33.1 Å². The third-order valence-electron chi connectivity index (χ3n) is 3.77. The second-order valence-corrected chi connectivity index (χ2v) is 5.88. The quantitative estimate of drug-likeness (QED) is 0.696. The van der Waals surface area contributed by atoms with E-state index in [1.807, 2.05) is 0 Å². The number of hydrogen-bond donors (Lipinski definition) is 0. The van der Waals surface area contributed by atoms with Crippen molar-refractivity contribution in [1.29, 1.82) is 0 Å². The van der Waals surface area contributed by atoms with Gasteiger partial charge in [0.05, 0.1) is 0 Å². The summed E-state index contributed by atoms with van der Waals surface area (Å²) in [7, 11) is 0. The minimum atomic E-state index is 0.412. The third kappa shape index (κ3) is 2.28. The summed E-state index contributed by atoms with van der Waals surface area (Å²) in [5.41, 5.74) is 5.72. The molecule has 0 aromatic heterocycles. The normalized spacial score (nSPS) is 16.6. The van der Waals surface area contributed by atoms with Crippen molar-refractivity contribution in [3.8, 4) is 0 Å². The van der Waals surface area contributed by atoms with Gasteiger partial charge in [-0.25, -0.2) is 0 Å². The summed E-state index contributed by atoms with van der Waals surface area (Å²) in [5, 5.41) is 0. The van der Waals surface area contributed by atoms with Gasteiger partial charge in [-0.05, 0) is 34.7 Å². The van der Waals surface area contributed by atoms with Crippen LogP contribution < -0.4 is 0 Å². The Kier molecular flexibility index (Phi) is 3.56. The molecule has 1 aliphatic rings. The standard InChI is InChI=1S/C18H17Br/c1-2-6-16-17(19)12-10-14-9-11-15(18(14)16)13-7-4-3-5-8-13/h3-5,7-12,15H,2,6H2,1H3. The number of fused-ring (bicyclic) bond motifs is 1. The highest BCUT2D eigenvalue weighted by Crippen LogP contribution is 2.40. The molecule has 0 N–H and O–H groups in total. The molecule has 2 aromatic carbocycles. The van der Waals surface area contributed by atoms with Crippen molar-refractivity contribution >= 4 is 22.0 Å². The summed E-state index contributed by atoms with van der Waals surface area (Å²) in [5.74, 6) is 0.412. The number of rotatable bonds is 3. The zero-order chi connectivity index (χ0) is 13.2. The summed E-state index contributed by atoms with van der Waals surface area (Å²) in [6, 6.07) is 15.2. The van der Waals surface area contributed by atoms with Gasteiger partial charge >= 0.3 is 0 Å². The molecule has 0 spiro atoms. The number of halogens is 1. The van der Waals surface area contributed by atoms with Gasteiger partial charge in [0.25, 0.3) is 0 Å². The molecule has 0 amide bonds.